The first kappa shape index (κ1) is 21.8. The molecule has 1 aliphatic heterocycles. The Hall–Kier alpha value is -2.95. The van der Waals surface area contributed by atoms with Crippen molar-refractivity contribution in [1.29, 1.82) is 0 Å². The highest BCUT2D eigenvalue weighted by atomic mass is 32.2. The quantitative estimate of drug-likeness (QED) is 0.647. The Kier molecular flexibility index (Phi) is 6.70. The minimum absolute atomic E-state index is 0.0511. The van der Waals surface area contributed by atoms with Crippen LogP contribution in [0.1, 0.15) is 22.0 Å². The number of nitrogens with two attached hydrogens (primary N) is 1. The lowest BCUT2D eigenvalue weighted by atomic mass is 10.1. The fourth-order valence-electron chi connectivity index (χ4n) is 3.02. The highest BCUT2D eigenvalue weighted by Crippen LogP contribution is 2.29. The van der Waals surface area contributed by atoms with Crippen molar-refractivity contribution in [3.8, 4) is 5.75 Å². The first-order valence-electron chi connectivity index (χ1n) is 9.16. The van der Waals surface area contributed by atoms with Crippen LogP contribution in [0.2, 0.25) is 0 Å². The number of benzene rings is 2. The summed E-state index contributed by atoms with van der Waals surface area (Å²) in [5.41, 5.74) is 5.75. The number of rotatable bonds is 7. The number of hydrogen-bond donors (Lipinski definition) is 1. The third-order valence-electron chi connectivity index (χ3n) is 4.57. The zero-order valence-corrected chi connectivity index (χ0v) is 17.1. The molecule has 1 unspecified atom stereocenters. The van der Waals surface area contributed by atoms with E-state index in [1.165, 1.54) is 29.6 Å². The first-order valence-corrected chi connectivity index (χ1v) is 10.6. The van der Waals surface area contributed by atoms with Gasteiger partial charge >= 0.3 is 5.97 Å². The number of morpholine rings is 1. The number of sulfonamides is 1. The molecule has 1 fully saturated rings. The number of amides is 1. The van der Waals surface area contributed by atoms with Gasteiger partial charge in [-0.3, -0.25) is 4.79 Å². The van der Waals surface area contributed by atoms with Gasteiger partial charge in [-0.15, -0.1) is 0 Å². The molecule has 0 radical (unpaired) electrons. The first-order chi connectivity index (χ1) is 14.3. The van der Waals surface area contributed by atoms with Crippen LogP contribution in [0.25, 0.3) is 0 Å². The molecule has 9 nitrogen and oxygen atoms in total. The lowest BCUT2D eigenvalue weighted by Crippen LogP contribution is -2.40. The summed E-state index contributed by atoms with van der Waals surface area (Å²) in [5.74, 6) is -1.64. The van der Waals surface area contributed by atoms with Crippen molar-refractivity contribution in [2.45, 2.75) is 11.0 Å². The summed E-state index contributed by atoms with van der Waals surface area (Å²) in [7, 11) is -2.59. The van der Waals surface area contributed by atoms with Crippen LogP contribution in [-0.2, 0) is 24.3 Å². The summed E-state index contributed by atoms with van der Waals surface area (Å²) in [6.45, 7) is 0.942. The summed E-state index contributed by atoms with van der Waals surface area (Å²) in [4.78, 5) is 24.3. The highest BCUT2D eigenvalue weighted by Gasteiger charge is 2.31. The van der Waals surface area contributed by atoms with Gasteiger partial charge in [0, 0.05) is 18.7 Å². The van der Waals surface area contributed by atoms with E-state index in [9.17, 15) is 18.0 Å². The summed E-state index contributed by atoms with van der Waals surface area (Å²) >= 11 is 0. The van der Waals surface area contributed by atoms with Crippen LogP contribution in [0.5, 0.6) is 5.75 Å². The van der Waals surface area contributed by atoms with Gasteiger partial charge in [0.05, 0.1) is 25.9 Å². The molecule has 1 saturated heterocycles. The van der Waals surface area contributed by atoms with Crippen LogP contribution in [0.15, 0.2) is 53.4 Å². The van der Waals surface area contributed by atoms with Gasteiger partial charge in [0.2, 0.25) is 16.1 Å². The number of carbonyl (C=O) groups excluding carboxylic acids is 2. The maximum atomic E-state index is 13.1. The predicted molar refractivity (Wildman–Crippen MR) is 106 cm³/mol. The van der Waals surface area contributed by atoms with Gasteiger partial charge in [-0.05, 0) is 18.2 Å². The van der Waals surface area contributed by atoms with Crippen LogP contribution < -0.4 is 10.5 Å². The summed E-state index contributed by atoms with van der Waals surface area (Å²) in [6.07, 6.45) is -1.31. The van der Waals surface area contributed by atoms with Crippen LogP contribution in [0.4, 0.5) is 0 Å². The SMILES string of the molecule is COc1ccc(C(=O)OC(C(N)=O)c2ccccc2)cc1S(=O)(=O)N1CCOCC1. The van der Waals surface area contributed by atoms with Crippen molar-refractivity contribution in [3.63, 3.8) is 0 Å². The van der Waals surface area contributed by atoms with Gasteiger partial charge in [0.1, 0.15) is 10.6 Å². The highest BCUT2D eigenvalue weighted by molar-refractivity contribution is 7.89. The van der Waals surface area contributed by atoms with E-state index in [4.69, 9.17) is 19.9 Å². The second-order valence-corrected chi connectivity index (χ2v) is 8.39. The van der Waals surface area contributed by atoms with E-state index in [1.54, 1.807) is 30.3 Å². The van der Waals surface area contributed by atoms with E-state index >= 15 is 0 Å². The monoisotopic (exact) mass is 434 g/mol. The zero-order chi connectivity index (χ0) is 21.7. The fourth-order valence-corrected chi connectivity index (χ4v) is 4.61. The van der Waals surface area contributed by atoms with Crippen LogP contribution in [-0.4, -0.2) is 58.0 Å². The minimum Gasteiger partial charge on any atom is -0.495 e. The molecule has 2 aromatic carbocycles. The standard InChI is InChI=1S/C20H22N2O7S/c1-27-16-8-7-15(13-17(16)30(25,26)22-9-11-28-12-10-22)20(24)29-18(19(21)23)14-5-3-2-4-6-14/h2-8,13,18H,9-12H2,1H3,(H2,21,23). The largest absolute Gasteiger partial charge is 0.495 e. The summed E-state index contributed by atoms with van der Waals surface area (Å²) in [6, 6.07) is 12.2. The topological polar surface area (TPSA) is 125 Å². The number of esters is 1. The molecular weight excluding hydrogens is 412 g/mol. The molecule has 0 aliphatic carbocycles. The Bertz CT molecular complexity index is 1020. The Morgan fingerprint density at radius 3 is 2.37 bits per heavy atom. The molecule has 1 heterocycles. The molecule has 2 N–H and O–H groups in total. The molecule has 0 aromatic heterocycles. The van der Waals surface area contributed by atoms with E-state index in [0.717, 1.165) is 0 Å². The van der Waals surface area contributed by atoms with Crippen molar-refractivity contribution < 1.29 is 32.2 Å². The molecular formula is C20H22N2O7S. The van der Waals surface area contributed by atoms with Crippen LogP contribution in [0, 0.1) is 0 Å². The van der Waals surface area contributed by atoms with E-state index in [1.807, 2.05) is 0 Å². The lowest BCUT2D eigenvalue weighted by Gasteiger charge is -2.26. The number of primary amides is 1. The van der Waals surface area contributed by atoms with Crippen molar-refractivity contribution in [2.24, 2.45) is 5.73 Å². The average Bonchev–Trinajstić information content (AvgIpc) is 2.77. The van der Waals surface area contributed by atoms with Crippen molar-refractivity contribution in [1.82, 2.24) is 4.31 Å². The van der Waals surface area contributed by atoms with Crippen molar-refractivity contribution >= 4 is 21.9 Å². The van der Waals surface area contributed by atoms with Crippen molar-refractivity contribution in [2.75, 3.05) is 33.4 Å². The summed E-state index contributed by atoms with van der Waals surface area (Å²) in [5, 5.41) is 0. The molecule has 0 bridgehead atoms. The van der Waals surface area contributed by atoms with Gasteiger partial charge in [0.15, 0.2) is 0 Å². The van der Waals surface area contributed by atoms with Crippen LogP contribution >= 0.6 is 0 Å². The molecule has 10 heteroatoms. The Labute approximate surface area is 174 Å². The lowest BCUT2D eigenvalue weighted by molar-refractivity contribution is -0.127. The van der Waals surface area contributed by atoms with Crippen LogP contribution in [0.3, 0.4) is 0 Å². The molecule has 1 aliphatic rings. The molecule has 0 spiro atoms. The molecule has 1 amide bonds. The van der Waals surface area contributed by atoms with Crippen molar-refractivity contribution in [3.05, 3.63) is 59.7 Å². The maximum absolute atomic E-state index is 13.1. The third-order valence-corrected chi connectivity index (χ3v) is 6.49. The normalized spacial score (nSPS) is 15.9. The zero-order valence-electron chi connectivity index (χ0n) is 16.3. The van der Waals surface area contributed by atoms with E-state index in [-0.39, 0.29) is 42.5 Å². The predicted octanol–water partition coefficient (Wildman–Crippen LogP) is 1.10. The molecule has 30 heavy (non-hydrogen) atoms. The van der Waals surface area contributed by atoms with E-state index in [0.29, 0.717) is 5.56 Å². The van der Waals surface area contributed by atoms with Gasteiger partial charge in [-0.2, -0.15) is 4.31 Å². The number of nitrogens with zero attached hydrogens (tertiary/aromatic N) is 1. The van der Waals surface area contributed by atoms with Gasteiger partial charge in [0.25, 0.3) is 5.91 Å². The van der Waals surface area contributed by atoms with E-state index in [2.05, 4.69) is 0 Å². The maximum Gasteiger partial charge on any atom is 0.339 e. The summed E-state index contributed by atoms with van der Waals surface area (Å²) < 4.78 is 43.1. The average molecular weight is 434 g/mol. The molecule has 0 saturated carbocycles. The van der Waals surface area contributed by atoms with Gasteiger partial charge < -0.3 is 19.9 Å². The van der Waals surface area contributed by atoms with E-state index < -0.39 is 28.0 Å². The Balaban J connectivity index is 1.92. The Morgan fingerprint density at radius 1 is 1.10 bits per heavy atom. The number of ether oxygens (including phenoxy) is 3. The van der Waals surface area contributed by atoms with Gasteiger partial charge in [-0.1, -0.05) is 30.3 Å². The molecule has 2 aromatic rings. The Morgan fingerprint density at radius 2 is 1.77 bits per heavy atom. The molecule has 160 valence electrons. The smallest absolute Gasteiger partial charge is 0.339 e. The number of methoxy groups -OCH3 is 1. The fraction of sp³-hybridized carbons (Fsp3) is 0.300. The molecule has 3 rings (SSSR count). The number of hydrogen-bond acceptors (Lipinski definition) is 7. The van der Waals surface area contributed by atoms with Gasteiger partial charge in [-0.25, -0.2) is 13.2 Å². The second kappa shape index (κ2) is 9.24. The second-order valence-electron chi connectivity index (χ2n) is 6.48. The minimum atomic E-state index is -3.93. The molecule has 1 atom stereocenters. The number of carbonyl (C=O) groups is 2. The third kappa shape index (κ3) is 4.61.